The highest BCUT2D eigenvalue weighted by atomic mass is 31.2. The van der Waals surface area contributed by atoms with Crippen LogP contribution in [0.25, 0.3) is 0 Å². The number of ether oxygens (including phenoxy) is 1. The minimum absolute atomic E-state index is 0.145. The SMILES string of the molecule is C[C@@H](COC(=O)C(C)(C)C)NP(C)(=O)Oc1ccccc1. The summed E-state index contributed by atoms with van der Waals surface area (Å²) in [6.45, 7) is 8.80. The molecule has 0 saturated carbocycles. The number of hydrogen-bond acceptors (Lipinski definition) is 4. The molecule has 0 amide bonds. The number of rotatable bonds is 6. The van der Waals surface area contributed by atoms with E-state index in [4.69, 9.17) is 9.26 Å². The van der Waals surface area contributed by atoms with Crippen LogP contribution in [-0.2, 0) is 14.1 Å². The van der Waals surface area contributed by atoms with Crippen LogP contribution in [-0.4, -0.2) is 25.3 Å². The van der Waals surface area contributed by atoms with Crippen molar-refractivity contribution in [1.82, 2.24) is 5.09 Å². The maximum absolute atomic E-state index is 12.4. The van der Waals surface area contributed by atoms with Crippen molar-refractivity contribution in [3.63, 3.8) is 0 Å². The topological polar surface area (TPSA) is 64.6 Å². The van der Waals surface area contributed by atoms with Crippen LogP contribution in [0.3, 0.4) is 0 Å². The first-order valence-electron chi connectivity index (χ1n) is 6.87. The Hall–Kier alpha value is -1.32. The van der Waals surface area contributed by atoms with Gasteiger partial charge in [0.1, 0.15) is 12.4 Å². The van der Waals surface area contributed by atoms with E-state index >= 15 is 0 Å². The smallest absolute Gasteiger partial charge is 0.313 e. The van der Waals surface area contributed by atoms with Gasteiger partial charge in [-0.25, -0.2) is 5.09 Å². The Morgan fingerprint density at radius 3 is 2.38 bits per heavy atom. The van der Waals surface area contributed by atoms with E-state index in [1.807, 2.05) is 18.2 Å². The predicted molar refractivity (Wildman–Crippen MR) is 83.6 cm³/mol. The molecule has 0 bridgehead atoms. The van der Waals surface area contributed by atoms with Crippen LogP contribution in [0.15, 0.2) is 30.3 Å². The molecule has 1 N–H and O–H groups in total. The number of hydrogen-bond donors (Lipinski definition) is 1. The van der Waals surface area contributed by atoms with E-state index in [2.05, 4.69) is 5.09 Å². The standard InChI is InChI=1S/C15H24NO4P/c1-12(11-19-14(17)15(2,3)4)16-21(5,18)20-13-9-7-6-8-10-13/h6-10,12H,11H2,1-5H3,(H,16,18)/t12-,21?/m0/s1. The number of para-hydroxylation sites is 1. The van der Waals surface area contributed by atoms with Gasteiger partial charge in [0, 0.05) is 12.7 Å². The van der Waals surface area contributed by atoms with Gasteiger partial charge in [-0.1, -0.05) is 18.2 Å². The molecule has 0 aliphatic carbocycles. The molecule has 0 aliphatic heterocycles. The molecule has 118 valence electrons. The van der Waals surface area contributed by atoms with Gasteiger partial charge in [0.2, 0.25) is 0 Å². The van der Waals surface area contributed by atoms with Crippen molar-refractivity contribution in [3.05, 3.63) is 30.3 Å². The summed E-state index contributed by atoms with van der Waals surface area (Å²) in [6.07, 6.45) is 0. The molecule has 6 heteroatoms. The lowest BCUT2D eigenvalue weighted by Gasteiger charge is -2.23. The zero-order valence-electron chi connectivity index (χ0n) is 13.3. The van der Waals surface area contributed by atoms with Crippen LogP contribution in [0.5, 0.6) is 5.75 Å². The minimum atomic E-state index is -3.01. The van der Waals surface area contributed by atoms with Crippen molar-refractivity contribution < 1.29 is 18.6 Å². The molecule has 0 spiro atoms. The van der Waals surface area contributed by atoms with E-state index in [9.17, 15) is 9.36 Å². The van der Waals surface area contributed by atoms with Gasteiger partial charge >= 0.3 is 13.5 Å². The molecule has 1 unspecified atom stereocenters. The van der Waals surface area contributed by atoms with Gasteiger partial charge < -0.3 is 9.26 Å². The van der Waals surface area contributed by atoms with Gasteiger partial charge in [-0.15, -0.1) is 0 Å². The van der Waals surface area contributed by atoms with E-state index < -0.39 is 12.9 Å². The Labute approximate surface area is 126 Å². The highest BCUT2D eigenvalue weighted by Crippen LogP contribution is 2.39. The van der Waals surface area contributed by atoms with Crippen LogP contribution >= 0.6 is 7.52 Å². The third-order valence-electron chi connectivity index (χ3n) is 2.55. The summed E-state index contributed by atoms with van der Waals surface area (Å²) >= 11 is 0. The molecule has 1 aromatic carbocycles. The summed E-state index contributed by atoms with van der Waals surface area (Å²) in [6, 6.07) is 8.68. The minimum Gasteiger partial charge on any atom is -0.464 e. The fourth-order valence-electron chi connectivity index (χ4n) is 1.56. The first kappa shape index (κ1) is 17.7. The van der Waals surface area contributed by atoms with Crippen LogP contribution in [0.1, 0.15) is 27.7 Å². The van der Waals surface area contributed by atoms with Crippen LogP contribution in [0.4, 0.5) is 0 Å². The molecule has 0 radical (unpaired) electrons. The highest BCUT2D eigenvalue weighted by Gasteiger charge is 2.25. The molecular formula is C15H24NO4P. The van der Waals surface area contributed by atoms with E-state index in [0.717, 1.165) is 0 Å². The Balaban J connectivity index is 2.48. The zero-order valence-corrected chi connectivity index (χ0v) is 14.1. The van der Waals surface area contributed by atoms with Crippen LogP contribution < -0.4 is 9.61 Å². The lowest BCUT2D eigenvalue weighted by atomic mass is 9.97. The third kappa shape index (κ3) is 6.78. The summed E-state index contributed by atoms with van der Waals surface area (Å²) in [4.78, 5) is 11.7. The second-order valence-electron chi connectivity index (χ2n) is 6.13. The van der Waals surface area contributed by atoms with E-state index in [-0.39, 0.29) is 18.6 Å². The Kier molecular flexibility index (Phi) is 5.99. The molecule has 21 heavy (non-hydrogen) atoms. The molecule has 1 rings (SSSR count). The average Bonchev–Trinajstić information content (AvgIpc) is 2.34. The summed E-state index contributed by atoms with van der Waals surface area (Å²) in [7, 11) is -3.01. The molecule has 1 aromatic rings. The number of carbonyl (C=O) groups is 1. The first-order chi connectivity index (χ1) is 9.60. The quantitative estimate of drug-likeness (QED) is 0.643. The number of benzene rings is 1. The highest BCUT2D eigenvalue weighted by molar-refractivity contribution is 7.56. The van der Waals surface area contributed by atoms with Gasteiger partial charge in [0.15, 0.2) is 0 Å². The molecule has 0 aliphatic rings. The number of carbonyl (C=O) groups excluding carboxylic acids is 1. The van der Waals surface area contributed by atoms with Gasteiger partial charge in [-0.3, -0.25) is 9.36 Å². The van der Waals surface area contributed by atoms with Crippen molar-refractivity contribution in [1.29, 1.82) is 0 Å². The van der Waals surface area contributed by atoms with Crippen LogP contribution in [0.2, 0.25) is 0 Å². The molecule has 5 nitrogen and oxygen atoms in total. The number of nitrogens with one attached hydrogen (secondary N) is 1. The number of esters is 1. The maximum atomic E-state index is 12.4. The first-order valence-corrected chi connectivity index (χ1v) is 8.94. The lowest BCUT2D eigenvalue weighted by Crippen LogP contribution is -2.33. The predicted octanol–water partition coefficient (Wildman–Crippen LogP) is 3.46. The summed E-state index contributed by atoms with van der Waals surface area (Å²) in [5.74, 6) is 0.251. The van der Waals surface area contributed by atoms with Gasteiger partial charge in [-0.2, -0.15) is 0 Å². The molecule has 2 atom stereocenters. The van der Waals surface area contributed by atoms with E-state index in [1.165, 1.54) is 6.66 Å². The Morgan fingerprint density at radius 1 is 1.29 bits per heavy atom. The fraction of sp³-hybridized carbons (Fsp3) is 0.533. The van der Waals surface area contributed by atoms with Crippen LogP contribution in [0, 0.1) is 5.41 Å². The normalized spacial score (nSPS) is 15.9. The largest absolute Gasteiger partial charge is 0.464 e. The molecule has 0 heterocycles. The molecular weight excluding hydrogens is 289 g/mol. The molecule has 0 saturated heterocycles. The lowest BCUT2D eigenvalue weighted by molar-refractivity contribution is -0.153. The summed E-state index contributed by atoms with van der Waals surface area (Å²) in [5, 5.41) is 2.87. The summed E-state index contributed by atoms with van der Waals surface area (Å²) < 4.78 is 23.0. The van der Waals surface area contributed by atoms with E-state index in [0.29, 0.717) is 5.75 Å². The van der Waals surface area contributed by atoms with Gasteiger partial charge in [-0.05, 0) is 39.8 Å². The average molecular weight is 313 g/mol. The van der Waals surface area contributed by atoms with E-state index in [1.54, 1.807) is 39.8 Å². The molecule has 0 aromatic heterocycles. The monoisotopic (exact) mass is 313 g/mol. The van der Waals surface area contributed by atoms with Crippen molar-refractivity contribution >= 4 is 13.5 Å². The van der Waals surface area contributed by atoms with Gasteiger partial charge in [0.25, 0.3) is 0 Å². The van der Waals surface area contributed by atoms with Crippen molar-refractivity contribution in [3.8, 4) is 5.75 Å². The van der Waals surface area contributed by atoms with Crippen molar-refractivity contribution in [2.75, 3.05) is 13.3 Å². The maximum Gasteiger partial charge on any atom is 0.313 e. The second kappa shape index (κ2) is 7.10. The fourth-order valence-corrected chi connectivity index (χ4v) is 3.02. The Morgan fingerprint density at radius 2 is 1.86 bits per heavy atom. The van der Waals surface area contributed by atoms with Gasteiger partial charge in [0.05, 0.1) is 5.41 Å². The van der Waals surface area contributed by atoms with Crippen molar-refractivity contribution in [2.24, 2.45) is 5.41 Å². The molecule has 0 fully saturated rings. The second-order valence-corrected chi connectivity index (χ2v) is 8.26. The summed E-state index contributed by atoms with van der Waals surface area (Å²) in [5.41, 5.74) is -0.545. The zero-order chi connectivity index (χ0) is 16.1. The van der Waals surface area contributed by atoms with Crippen molar-refractivity contribution in [2.45, 2.75) is 33.7 Å². The third-order valence-corrected chi connectivity index (χ3v) is 4.02. The Bertz CT molecular complexity index is 510.